The lowest BCUT2D eigenvalue weighted by molar-refractivity contribution is 0.253. The highest BCUT2D eigenvalue weighted by Crippen LogP contribution is 2.45. The molecule has 28 heavy (non-hydrogen) atoms. The van der Waals surface area contributed by atoms with Gasteiger partial charge in [0, 0.05) is 8.37 Å². The van der Waals surface area contributed by atoms with Crippen LogP contribution in [0.3, 0.4) is 0 Å². The van der Waals surface area contributed by atoms with Crippen LogP contribution in [0.5, 0.6) is 0 Å². The van der Waals surface area contributed by atoms with Gasteiger partial charge in [0.2, 0.25) is 0 Å². The lowest BCUT2D eigenvalue weighted by Crippen LogP contribution is -2.21. The van der Waals surface area contributed by atoms with E-state index in [0.717, 1.165) is 25.8 Å². The Morgan fingerprint density at radius 2 is 1.36 bits per heavy atom. The molecule has 1 aromatic carbocycles. The second-order valence-electron chi connectivity index (χ2n) is 10.4. The molecule has 0 aliphatic rings. The van der Waals surface area contributed by atoms with Crippen LogP contribution in [0, 0.1) is 0 Å². The van der Waals surface area contributed by atoms with E-state index in [2.05, 4.69) is 81.4 Å². The number of allylic oxidation sites excluding steroid dienone is 1. The monoisotopic (exact) mass is 423 g/mol. The highest BCUT2D eigenvalue weighted by atomic mass is 35.5. The van der Waals surface area contributed by atoms with Gasteiger partial charge >= 0.3 is 0 Å². The van der Waals surface area contributed by atoms with E-state index < -0.39 is 0 Å². The Balaban J connectivity index is 3.81. The summed E-state index contributed by atoms with van der Waals surface area (Å²) in [5.74, 6) is 0. The number of hydrogen-bond donors (Lipinski definition) is 0. The smallest absolute Gasteiger partial charge is 0.196 e. The minimum Gasteiger partial charge on any atom is -0.483 e. The SMILES string of the molecule is CCO/C(Cl)=C(/CC)P=Nc1c(C(C)(C)C)cc(C(C)(C)C)cc1C(C)(C)C. The summed E-state index contributed by atoms with van der Waals surface area (Å²) in [6.07, 6.45) is 0.819. The van der Waals surface area contributed by atoms with Crippen molar-refractivity contribution in [2.24, 2.45) is 4.74 Å². The van der Waals surface area contributed by atoms with E-state index in [-0.39, 0.29) is 16.2 Å². The molecule has 0 aliphatic carbocycles. The van der Waals surface area contributed by atoms with Gasteiger partial charge in [0.05, 0.1) is 17.6 Å². The van der Waals surface area contributed by atoms with Crippen LogP contribution in [0.15, 0.2) is 27.4 Å². The molecular formula is C24H39ClNOP. The number of benzene rings is 1. The van der Waals surface area contributed by atoms with E-state index in [1.807, 2.05) is 6.92 Å². The molecule has 0 saturated carbocycles. The minimum atomic E-state index is -0.00454. The Morgan fingerprint density at radius 3 is 1.68 bits per heavy atom. The quantitative estimate of drug-likeness (QED) is 0.341. The van der Waals surface area contributed by atoms with Gasteiger partial charge in [0.25, 0.3) is 0 Å². The molecule has 2 nitrogen and oxygen atoms in total. The van der Waals surface area contributed by atoms with Crippen molar-refractivity contribution in [1.82, 2.24) is 0 Å². The van der Waals surface area contributed by atoms with E-state index in [9.17, 15) is 0 Å². The predicted molar refractivity (Wildman–Crippen MR) is 126 cm³/mol. The van der Waals surface area contributed by atoms with Gasteiger partial charge in [-0.05, 0) is 57.9 Å². The van der Waals surface area contributed by atoms with Crippen LogP contribution in [0.1, 0.15) is 99.3 Å². The third-order valence-corrected chi connectivity index (χ3v) is 6.23. The van der Waals surface area contributed by atoms with Crippen molar-refractivity contribution in [1.29, 1.82) is 0 Å². The largest absolute Gasteiger partial charge is 0.483 e. The van der Waals surface area contributed by atoms with E-state index in [1.165, 1.54) is 16.7 Å². The maximum Gasteiger partial charge on any atom is 0.196 e. The van der Waals surface area contributed by atoms with Crippen LogP contribution >= 0.6 is 20.0 Å². The summed E-state index contributed by atoms with van der Waals surface area (Å²) in [7, 11) is 0.859. The molecule has 0 amide bonds. The van der Waals surface area contributed by atoms with Crippen LogP contribution in [0.4, 0.5) is 5.69 Å². The first kappa shape index (κ1) is 25.2. The molecule has 4 heteroatoms. The molecule has 158 valence electrons. The Labute approximate surface area is 180 Å². The number of nitrogens with zero attached hydrogens (tertiary/aromatic N) is 1. The average Bonchev–Trinajstić information content (AvgIpc) is 2.52. The first-order valence-corrected chi connectivity index (χ1v) is 11.5. The molecule has 0 fully saturated rings. The molecule has 0 N–H and O–H groups in total. The first-order chi connectivity index (χ1) is 12.6. The van der Waals surface area contributed by atoms with E-state index >= 15 is 0 Å². The highest BCUT2D eigenvalue weighted by Gasteiger charge is 2.29. The van der Waals surface area contributed by atoms with Crippen molar-refractivity contribution in [3.8, 4) is 0 Å². The van der Waals surface area contributed by atoms with Crippen LogP contribution in [-0.2, 0) is 21.0 Å². The predicted octanol–water partition coefficient (Wildman–Crippen LogP) is 9.19. The van der Waals surface area contributed by atoms with Crippen molar-refractivity contribution < 1.29 is 4.74 Å². The summed E-state index contributed by atoms with van der Waals surface area (Å²) >= 11 is 6.35. The van der Waals surface area contributed by atoms with E-state index in [1.54, 1.807) is 0 Å². The zero-order valence-electron chi connectivity index (χ0n) is 19.7. The lowest BCUT2D eigenvalue weighted by Gasteiger charge is -2.32. The first-order valence-electron chi connectivity index (χ1n) is 10.3. The molecule has 1 aromatic rings. The summed E-state index contributed by atoms with van der Waals surface area (Å²) in [6, 6.07) is 4.70. The third kappa shape index (κ3) is 6.60. The van der Waals surface area contributed by atoms with Crippen molar-refractivity contribution in [3.05, 3.63) is 39.4 Å². The normalized spacial score (nSPS) is 14.4. The summed E-state index contributed by atoms with van der Waals surface area (Å²) in [5, 5.41) is 1.50. The molecule has 0 unspecified atom stereocenters. The molecule has 0 saturated heterocycles. The van der Waals surface area contributed by atoms with Gasteiger partial charge < -0.3 is 4.74 Å². The summed E-state index contributed by atoms with van der Waals surface area (Å²) in [4.78, 5) is 0. The fraction of sp³-hybridized carbons (Fsp3) is 0.667. The maximum absolute atomic E-state index is 6.35. The topological polar surface area (TPSA) is 21.6 Å². The Hall–Kier alpha value is -0.850. The van der Waals surface area contributed by atoms with Gasteiger partial charge in [-0.1, -0.05) is 81.4 Å². The van der Waals surface area contributed by atoms with Gasteiger partial charge in [0.1, 0.15) is 0 Å². The average molecular weight is 424 g/mol. The van der Waals surface area contributed by atoms with Crippen molar-refractivity contribution >= 4 is 25.7 Å². The standard InChI is InChI=1S/C24H39ClNOP/c1-12-19(21(25)27-13-2)28-26-20-17(23(6,7)8)14-16(22(3,4)5)15-18(20)24(9,10)11/h14-15H,12-13H2,1-11H3/b21-19-. The van der Waals surface area contributed by atoms with Crippen molar-refractivity contribution in [3.63, 3.8) is 0 Å². The number of ether oxygens (including phenoxy) is 1. The number of halogens is 1. The molecule has 0 bridgehead atoms. The van der Waals surface area contributed by atoms with Crippen LogP contribution in [-0.4, -0.2) is 6.61 Å². The van der Waals surface area contributed by atoms with Gasteiger partial charge in [-0.25, -0.2) is 4.74 Å². The zero-order valence-corrected chi connectivity index (χ0v) is 21.4. The Kier molecular flexibility index (Phi) is 8.37. The zero-order chi connectivity index (χ0) is 21.9. The molecule has 0 radical (unpaired) electrons. The van der Waals surface area contributed by atoms with Gasteiger partial charge in [-0.3, -0.25) is 0 Å². The number of rotatable bonds is 5. The molecule has 0 atom stereocenters. The minimum absolute atomic E-state index is 0.00454. The molecule has 1 rings (SSSR count). The number of hydrogen-bond acceptors (Lipinski definition) is 2. The van der Waals surface area contributed by atoms with Crippen LogP contribution in [0.25, 0.3) is 0 Å². The van der Waals surface area contributed by atoms with Gasteiger partial charge in [-0.2, -0.15) is 0 Å². The summed E-state index contributed by atoms with van der Waals surface area (Å²) < 4.78 is 10.6. The van der Waals surface area contributed by atoms with Crippen molar-refractivity contribution in [2.75, 3.05) is 6.61 Å². The van der Waals surface area contributed by atoms with Crippen molar-refractivity contribution in [2.45, 2.75) is 98.8 Å². The van der Waals surface area contributed by atoms with Crippen LogP contribution < -0.4 is 0 Å². The summed E-state index contributed by atoms with van der Waals surface area (Å²) in [5.41, 5.74) is 5.12. The van der Waals surface area contributed by atoms with E-state index in [4.69, 9.17) is 21.1 Å². The van der Waals surface area contributed by atoms with Crippen LogP contribution in [0.2, 0.25) is 0 Å². The lowest BCUT2D eigenvalue weighted by atomic mass is 9.74. The van der Waals surface area contributed by atoms with Gasteiger partial charge in [0.15, 0.2) is 5.22 Å². The maximum atomic E-state index is 6.35. The highest BCUT2D eigenvalue weighted by molar-refractivity contribution is 7.32. The fourth-order valence-corrected chi connectivity index (χ4v) is 3.96. The molecular weight excluding hydrogens is 385 g/mol. The third-order valence-electron chi connectivity index (χ3n) is 4.70. The Morgan fingerprint density at radius 1 is 0.893 bits per heavy atom. The molecule has 0 heterocycles. The molecule has 0 aliphatic heterocycles. The molecule has 0 aromatic heterocycles. The second-order valence-corrected chi connectivity index (χ2v) is 11.7. The molecule has 0 spiro atoms. The second kappa shape index (κ2) is 9.31. The van der Waals surface area contributed by atoms with Gasteiger partial charge in [-0.15, -0.1) is 0 Å². The Bertz CT molecular complexity index is 708. The van der Waals surface area contributed by atoms with E-state index in [0.29, 0.717) is 11.8 Å². The fourth-order valence-electron chi connectivity index (χ4n) is 2.89. The summed E-state index contributed by atoms with van der Waals surface area (Å²) in [6.45, 7) is 25.0.